The summed E-state index contributed by atoms with van der Waals surface area (Å²) >= 11 is 0. The van der Waals surface area contributed by atoms with Gasteiger partial charge >= 0.3 is 0 Å². The lowest BCUT2D eigenvalue weighted by molar-refractivity contribution is 0.242. The molecule has 172 valence electrons. The number of aromatic nitrogens is 2. The molecule has 0 saturated carbocycles. The van der Waals surface area contributed by atoms with Gasteiger partial charge in [-0.2, -0.15) is 0 Å². The zero-order valence-electron chi connectivity index (χ0n) is 19.5. The van der Waals surface area contributed by atoms with Crippen LogP contribution in [0.1, 0.15) is 17.0 Å². The van der Waals surface area contributed by atoms with Crippen molar-refractivity contribution >= 4 is 0 Å². The van der Waals surface area contributed by atoms with Crippen LogP contribution in [-0.4, -0.2) is 20.0 Å². The van der Waals surface area contributed by atoms with Crippen LogP contribution in [0.5, 0.6) is 5.75 Å². The minimum Gasteiger partial charge on any atom is -0.507 e. The van der Waals surface area contributed by atoms with Crippen molar-refractivity contribution in [2.45, 2.75) is 19.6 Å². The Kier molecular flexibility index (Phi) is 6.92. The number of hydrogen-bond acceptors (Lipinski definition) is 4. The predicted octanol–water partition coefficient (Wildman–Crippen LogP) is 6.72. The summed E-state index contributed by atoms with van der Waals surface area (Å²) in [6, 6.07) is 40.2. The lowest BCUT2D eigenvalue weighted by Crippen LogP contribution is -2.23. The van der Waals surface area contributed by atoms with Crippen LogP contribution in [0.3, 0.4) is 0 Å². The maximum absolute atomic E-state index is 10.3. The van der Waals surface area contributed by atoms with Crippen molar-refractivity contribution in [3.8, 4) is 28.3 Å². The van der Waals surface area contributed by atoms with Crippen molar-refractivity contribution in [3.05, 3.63) is 138 Å². The average molecular weight is 458 g/mol. The van der Waals surface area contributed by atoms with E-state index in [1.165, 1.54) is 5.56 Å². The third-order valence-electron chi connectivity index (χ3n) is 5.88. The van der Waals surface area contributed by atoms with Crippen molar-refractivity contribution < 1.29 is 5.11 Å². The van der Waals surface area contributed by atoms with Gasteiger partial charge in [-0.3, -0.25) is 14.9 Å². The van der Waals surface area contributed by atoms with Crippen LogP contribution in [0.15, 0.2) is 121 Å². The van der Waals surface area contributed by atoms with Crippen LogP contribution in [0.2, 0.25) is 0 Å². The molecule has 3 aromatic carbocycles. The maximum atomic E-state index is 10.3. The monoisotopic (exact) mass is 457 g/mol. The van der Waals surface area contributed by atoms with Crippen LogP contribution >= 0.6 is 0 Å². The summed E-state index contributed by atoms with van der Waals surface area (Å²) in [6.07, 6.45) is 0. The van der Waals surface area contributed by atoms with Gasteiger partial charge in [0.25, 0.3) is 0 Å². The molecular weight excluding hydrogens is 430 g/mol. The topological polar surface area (TPSA) is 49.2 Å². The molecule has 0 aliphatic rings. The Hall–Kier alpha value is -4.28. The minimum atomic E-state index is 0.236. The molecule has 0 spiro atoms. The molecule has 5 rings (SSSR count). The molecule has 2 aromatic heterocycles. The second-order valence-corrected chi connectivity index (χ2v) is 8.54. The normalized spacial score (nSPS) is 11.0. The summed E-state index contributed by atoms with van der Waals surface area (Å²) in [5.74, 6) is 0.236. The van der Waals surface area contributed by atoms with E-state index < -0.39 is 0 Å². The van der Waals surface area contributed by atoms with Gasteiger partial charge in [0, 0.05) is 30.8 Å². The fraction of sp³-hybridized carbons (Fsp3) is 0.0968. The van der Waals surface area contributed by atoms with Crippen LogP contribution in [0.25, 0.3) is 22.5 Å². The van der Waals surface area contributed by atoms with Crippen molar-refractivity contribution in [1.29, 1.82) is 0 Å². The number of nitrogens with zero attached hydrogens (tertiary/aromatic N) is 3. The highest BCUT2D eigenvalue weighted by Crippen LogP contribution is 2.27. The molecule has 1 N–H and O–H groups in total. The molecule has 0 aliphatic heterocycles. The number of aromatic hydroxyl groups is 1. The highest BCUT2D eigenvalue weighted by atomic mass is 16.3. The summed E-state index contributed by atoms with van der Waals surface area (Å²) < 4.78 is 0. The van der Waals surface area contributed by atoms with E-state index in [1.807, 2.05) is 60.7 Å². The molecular formula is C31H27N3O. The fourth-order valence-corrected chi connectivity index (χ4v) is 4.21. The highest BCUT2D eigenvalue weighted by Gasteiger charge is 2.13. The SMILES string of the molecule is Oc1ccccc1-c1cccc(CN(Cc2ccccc2)Cc2cccc(-c3ccccc3)n2)n1. The van der Waals surface area contributed by atoms with Gasteiger partial charge in [-0.25, -0.2) is 0 Å². The summed E-state index contributed by atoms with van der Waals surface area (Å²) in [5, 5.41) is 10.3. The van der Waals surface area contributed by atoms with Crippen molar-refractivity contribution in [1.82, 2.24) is 14.9 Å². The van der Waals surface area contributed by atoms with E-state index in [0.717, 1.165) is 40.4 Å². The molecule has 0 fully saturated rings. The maximum Gasteiger partial charge on any atom is 0.124 e. The number of para-hydroxylation sites is 1. The van der Waals surface area contributed by atoms with Crippen molar-refractivity contribution in [2.75, 3.05) is 0 Å². The van der Waals surface area contributed by atoms with E-state index in [1.54, 1.807) is 6.07 Å². The number of rotatable bonds is 8. The molecule has 0 aliphatic carbocycles. The summed E-state index contributed by atoms with van der Waals surface area (Å²) in [7, 11) is 0. The van der Waals surface area contributed by atoms with Crippen LogP contribution in [0.4, 0.5) is 0 Å². The Bertz CT molecular complexity index is 1390. The van der Waals surface area contributed by atoms with Gasteiger partial charge in [-0.05, 0) is 42.0 Å². The van der Waals surface area contributed by atoms with Gasteiger partial charge in [0.1, 0.15) is 5.75 Å². The van der Waals surface area contributed by atoms with E-state index in [9.17, 15) is 5.11 Å². The number of phenolic OH excluding ortho intramolecular Hbond substituents is 1. The number of hydrogen-bond donors (Lipinski definition) is 1. The van der Waals surface area contributed by atoms with E-state index in [2.05, 4.69) is 59.5 Å². The Morgan fingerprint density at radius 1 is 0.514 bits per heavy atom. The molecule has 0 unspecified atom stereocenters. The molecule has 0 radical (unpaired) electrons. The van der Waals surface area contributed by atoms with E-state index >= 15 is 0 Å². The Balaban J connectivity index is 1.42. The molecule has 2 heterocycles. The smallest absolute Gasteiger partial charge is 0.124 e. The fourth-order valence-electron chi connectivity index (χ4n) is 4.21. The highest BCUT2D eigenvalue weighted by molar-refractivity contribution is 5.66. The van der Waals surface area contributed by atoms with Crippen LogP contribution in [0, 0.1) is 0 Å². The first-order valence-corrected chi connectivity index (χ1v) is 11.8. The van der Waals surface area contributed by atoms with Gasteiger partial charge in [0.05, 0.1) is 22.8 Å². The van der Waals surface area contributed by atoms with Crippen molar-refractivity contribution in [3.63, 3.8) is 0 Å². The number of phenols is 1. The van der Waals surface area contributed by atoms with E-state index in [4.69, 9.17) is 9.97 Å². The Morgan fingerprint density at radius 3 is 1.77 bits per heavy atom. The van der Waals surface area contributed by atoms with E-state index in [-0.39, 0.29) is 5.75 Å². The van der Waals surface area contributed by atoms with E-state index in [0.29, 0.717) is 13.1 Å². The second kappa shape index (κ2) is 10.8. The predicted molar refractivity (Wildman–Crippen MR) is 140 cm³/mol. The lowest BCUT2D eigenvalue weighted by atomic mass is 10.1. The third kappa shape index (κ3) is 5.81. The molecule has 0 amide bonds. The molecule has 0 bridgehead atoms. The third-order valence-corrected chi connectivity index (χ3v) is 5.88. The largest absolute Gasteiger partial charge is 0.507 e. The second-order valence-electron chi connectivity index (χ2n) is 8.54. The quantitative estimate of drug-likeness (QED) is 0.281. The summed E-state index contributed by atoms with van der Waals surface area (Å²) in [4.78, 5) is 12.2. The average Bonchev–Trinajstić information content (AvgIpc) is 2.90. The van der Waals surface area contributed by atoms with Gasteiger partial charge in [0.2, 0.25) is 0 Å². The standard InChI is InChI=1S/C31H27N3O/c35-31-20-8-7-17-28(31)30-19-10-16-27(33-30)23-34(21-24-11-3-1-4-12-24)22-26-15-9-18-29(32-26)25-13-5-2-6-14-25/h1-20,35H,21-23H2. The van der Waals surface area contributed by atoms with Gasteiger partial charge in [-0.1, -0.05) is 84.9 Å². The molecule has 0 atom stereocenters. The van der Waals surface area contributed by atoms with Crippen LogP contribution in [-0.2, 0) is 19.6 Å². The van der Waals surface area contributed by atoms with Crippen LogP contribution < -0.4 is 0 Å². The lowest BCUT2D eigenvalue weighted by Gasteiger charge is -2.22. The Labute approximate surface area is 206 Å². The van der Waals surface area contributed by atoms with Gasteiger partial charge in [0.15, 0.2) is 0 Å². The minimum absolute atomic E-state index is 0.236. The molecule has 5 aromatic rings. The first-order chi connectivity index (χ1) is 17.2. The van der Waals surface area contributed by atoms with Gasteiger partial charge in [-0.15, -0.1) is 0 Å². The molecule has 35 heavy (non-hydrogen) atoms. The number of benzene rings is 3. The summed E-state index contributed by atoms with van der Waals surface area (Å²) in [6.45, 7) is 2.13. The Morgan fingerprint density at radius 2 is 1.09 bits per heavy atom. The zero-order valence-corrected chi connectivity index (χ0v) is 19.5. The molecule has 4 nitrogen and oxygen atoms in total. The van der Waals surface area contributed by atoms with Gasteiger partial charge < -0.3 is 5.11 Å². The molecule has 0 saturated heterocycles. The zero-order chi connectivity index (χ0) is 23.9. The first kappa shape index (κ1) is 22.5. The molecule has 4 heteroatoms. The number of pyridine rings is 2. The first-order valence-electron chi connectivity index (χ1n) is 11.8. The summed E-state index contributed by atoms with van der Waals surface area (Å²) in [5.41, 5.74) is 6.79. The van der Waals surface area contributed by atoms with Crippen molar-refractivity contribution in [2.24, 2.45) is 0 Å².